The van der Waals surface area contributed by atoms with Crippen LogP contribution in [0.1, 0.15) is 214 Å². The Morgan fingerprint density at radius 3 is 0.908 bits per heavy atom. The quantitative estimate of drug-likeness (QED) is 0.0222. The van der Waals surface area contributed by atoms with Gasteiger partial charge in [-0.1, -0.05) is 163 Å². The van der Waals surface area contributed by atoms with Crippen LogP contribution in [0.2, 0.25) is 0 Å². The van der Waals surface area contributed by atoms with Crippen LogP contribution in [0.25, 0.3) is 0 Å². The molecule has 0 saturated heterocycles. The van der Waals surface area contributed by atoms with Gasteiger partial charge >= 0.3 is 39.5 Å². The van der Waals surface area contributed by atoms with E-state index in [4.69, 9.17) is 37.0 Å². The summed E-state index contributed by atoms with van der Waals surface area (Å²) in [6.45, 7) is 4.47. The maximum Gasteiger partial charge on any atom is 0.472 e. The Balaban J connectivity index is 5.11. The Morgan fingerprint density at radius 1 is 0.369 bits per heavy atom. The van der Waals surface area contributed by atoms with Crippen molar-refractivity contribution in [3.63, 3.8) is 0 Å². The number of phosphoric acid groups is 2. The fourth-order valence-corrected chi connectivity index (χ4v) is 8.03. The first-order valence-electron chi connectivity index (χ1n) is 24.8. The molecule has 0 radical (unpaired) electrons. The van der Waals surface area contributed by atoms with Crippen molar-refractivity contribution in [2.24, 2.45) is 0 Å². The van der Waals surface area contributed by atoms with Crippen LogP contribution >= 0.6 is 15.6 Å². The minimum Gasteiger partial charge on any atom is -0.462 e. The van der Waals surface area contributed by atoms with Crippen LogP contribution in [0.15, 0.2) is 0 Å². The van der Waals surface area contributed by atoms with E-state index in [1.165, 1.54) is 32.1 Å². The molecule has 0 aliphatic heterocycles. The maximum atomic E-state index is 12.7. The van der Waals surface area contributed by atoms with E-state index >= 15 is 0 Å². The zero-order valence-electron chi connectivity index (χ0n) is 40.4. The summed E-state index contributed by atoms with van der Waals surface area (Å²) in [5.41, 5.74) is 0. The van der Waals surface area contributed by atoms with Crippen molar-refractivity contribution in [3.8, 4) is 0 Å². The van der Waals surface area contributed by atoms with E-state index in [0.717, 1.165) is 103 Å². The normalized spacial score (nSPS) is 14.8. The van der Waals surface area contributed by atoms with Gasteiger partial charge in [0, 0.05) is 25.7 Å². The molecule has 0 amide bonds. The average Bonchev–Trinajstić information content (AvgIpc) is 3.27. The number of esters is 4. The van der Waals surface area contributed by atoms with Crippen molar-refractivity contribution in [2.75, 3.05) is 39.6 Å². The van der Waals surface area contributed by atoms with Crippen LogP contribution < -0.4 is 0 Å². The van der Waals surface area contributed by atoms with Gasteiger partial charge in [-0.2, -0.15) is 0 Å². The molecule has 3 N–H and O–H groups in total. The molecule has 0 saturated carbocycles. The third-order valence-corrected chi connectivity index (χ3v) is 12.3. The highest BCUT2D eigenvalue weighted by Crippen LogP contribution is 2.45. The summed E-state index contributed by atoms with van der Waals surface area (Å²) in [7, 11) is -9.82. The molecule has 17 nitrogen and oxygen atoms in total. The molecule has 19 heteroatoms. The number of aliphatic hydroxyl groups is 1. The monoisotopic (exact) mass is 975 g/mol. The molecule has 5 atom stereocenters. The number of rotatable bonds is 47. The Labute approximate surface area is 390 Å². The zero-order chi connectivity index (χ0) is 48.4. The number of ether oxygens (including phenoxy) is 4. The first kappa shape index (κ1) is 63.1. The van der Waals surface area contributed by atoms with Crippen LogP contribution in [0.5, 0.6) is 0 Å². The zero-order valence-corrected chi connectivity index (χ0v) is 42.2. The largest absolute Gasteiger partial charge is 0.472 e. The molecule has 0 aliphatic carbocycles. The summed E-state index contributed by atoms with van der Waals surface area (Å²) in [6, 6.07) is 0. The standard InChI is InChI=1S/C46H88O17P2/c1-5-9-13-17-18-19-20-21-25-29-33-46(51)63-42(37-57-44(49)31-27-23-15-11-7-3)39-61-65(54,55)59-35-40(47)34-58-64(52,53)60-38-41(62-45(50)32-28-24-16-12-8-4)36-56-43(48)30-26-22-14-10-6-2/h40-42,47H,5-39H2,1-4H3,(H,52,53)(H,54,55)/t40-,41+,42+/m0/s1. The van der Waals surface area contributed by atoms with Gasteiger partial charge in [-0.05, 0) is 25.7 Å². The summed E-state index contributed by atoms with van der Waals surface area (Å²) in [5.74, 6) is -2.19. The minimum absolute atomic E-state index is 0.0987. The van der Waals surface area contributed by atoms with Crippen LogP contribution in [-0.2, 0) is 65.4 Å². The number of phosphoric ester groups is 2. The molecule has 0 bridgehead atoms. The molecule has 65 heavy (non-hydrogen) atoms. The molecule has 0 fully saturated rings. The lowest BCUT2D eigenvalue weighted by molar-refractivity contribution is -0.161. The lowest BCUT2D eigenvalue weighted by Gasteiger charge is -2.21. The fraction of sp³-hybridized carbons (Fsp3) is 0.913. The van der Waals surface area contributed by atoms with Crippen molar-refractivity contribution in [3.05, 3.63) is 0 Å². The topological polar surface area (TPSA) is 237 Å². The number of hydrogen-bond donors (Lipinski definition) is 3. The Bertz CT molecular complexity index is 1300. The van der Waals surface area contributed by atoms with E-state index in [1.54, 1.807) is 0 Å². The van der Waals surface area contributed by atoms with Gasteiger partial charge in [-0.3, -0.25) is 37.3 Å². The van der Waals surface area contributed by atoms with Gasteiger partial charge in [0.05, 0.1) is 26.4 Å². The van der Waals surface area contributed by atoms with Gasteiger partial charge in [0.1, 0.15) is 19.3 Å². The molecule has 2 unspecified atom stereocenters. The Hall–Kier alpha value is -1.94. The second-order valence-electron chi connectivity index (χ2n) is 16.8. The highest BCUT2D eigenvalue weighted by Gasteiger charge is 2.30. The van der Waals surface area contributed by atoms with Gasteiger partial charge in [-0.25, -0.2) is 9.13 Å². The highest BCUT2D eigenvalue weighted by molar-refractivity contribution is 7.47. The van der Waals surface area contributed by atoms with Crippen molar-refractivity contribution >= 4 is 39.5 Å². The Morgan fingerprint density at radius 2 is 0.615 bits per heavy atom. The SMILES string of the molecule is CCCCCCCCCCCCC(=O)O[C@H](COC(=O)CCCCCCC)COP(=O)(O)OC[C@@H](O)COP(=O)(O)OC[C@@H](COC(=O)CCCCCCC)OC(=O)CCCCCCC. The summed E-state index contributed by atoms with van der Waals surface area (Å²) < 4.78 is 66.6. The molecular formula is C46H88O17P2. The van der Waals surface area contributed by atoms with Gasteiger partial charge in [-0.15, -0.1) is 0 Å². The average molecular weight is 975 g/mol. The molecule has 0 aromatic carbocycles. The molecule has 384 valence electrons. The van der Waals surface area contributed by atoms with Gasteiger partial charge in [0.25, 0.3) is 0 Å². The maximum absolute atomic E-state index is 12.7. The van der Waals surface area contributed by atoms with Crippen LogP contribution in [0.3, 0.4) is 0 Å². The van der Waals surface area contributed by atoms with Crippen molar-refractivity contribution in [1.29, 1.82) is 0 Å². The van der Waals surface area contributed by atoms with E-state index in [2.05, 4.69) is 27.7 Å². The lowest BCUT2D eigenvalue weighted by atomic mass is 10.1. The Kier molecular flexibility index (Phi) is 40.9. The third-order valence-electron chi connectivity index (χ3n) is 10.4. The van der Waals surface area contributed by atoms with Crippen LogP contribution in [0.4, 0.5) is 0 Å². The molecular weight excluding hydrogens is 886 g/mol. The van der Waals surface area contributed by atoms with E-state index < -0.39 is 97.5 Å². The second-order valence-corrected chi connectivity index (χ2v) is 19.7. The van der Waals surface area contributed by atoms with Crippen LogP contribution in [0, 0.1) is 0 Å². The van der Waals surface area contributed by atoms with Crippen LogP contribution in [-0.4, -0.2) is 96.7 Å². The molecule has 0 aliphatic rings. The molecule has 0 spiro atoms. The van der Waals surface area contributed by atoms with Gasteiger partial charge in [0.2, 0.25) is 0 Å². The lowest BCUT2D eigenvalue weighted by Crippen LogP contribution is -2.30. The summed E-state index contributed by atoms with van der Waals surface area (Å²) in [4.78, 5) is 70.5. The second kappa shape index (κ2) is 42.2. The van der Waals surface area contributed by atoms with Gasteiger partial charge < -0.3 is 33.8 Å². The van der Waals surface area contributed by atoms with E-state index in [1.807, 2.05) is 0 Å². The molecule has 0 rings (SSSR count). The summed E-state index contributed by atoms with van der Waals surface area (Å²) >= 11 is 0. The number of unbranched alkanes of at least 4 members (excludes halogenated alkanes) is 21. The molecule has 0 aromatic heterocycles. The number of hydrogen-bond acceptors (Lipinski definition) is 15. The van der Waals surface area contributed by atoms with E-state index in [0.29, 0.717) is 25.7 Å². The predicted octanol–water partition coefficient (Wildman–Crippen LogP) is 10.9. The van der Waals surface area contributed by atoms with Crippen molar-refractivity contribution < 1.29 is 80.2 Å². The third kappa shape index (κ3) is 41.9. The molecule has 0 aromatic rings. The number of aliphatic hydroxyl groups excluding tert-OH is 1. The highest BCUT2D eigenvalue weighted by atomic mass is 31.2. The van der Waals surface area contributed by atoms with Gasteiger partial charge in [0.15, 0.2) is 12.2 Å². The first-order valence-corrected chi connectivity index (χ1v) is 27.8. The van der Waals surface area contributed by atoms with E-state index in [9.17, 15) is 43.2 Å². The van der Waals surface area contributed by atoms with Crippen molar-refractivity contribution in [2.45, 2.75) is 232 Å². The van der Waals surface area contributed by atoms with E-state index in [-0.39, 0.29) is 25.7 Å². The number of carbonyl (C=O) groups excluding carboxylic acids is 4. The minimum atomic E-state index is -4.91. The first-order chi connectivity index (χ1) is 31.2. The van der Waals surface area contributed by atoms with Crippen molar-refractivity contribution in [1.82, 2.24) is 0 Å². The number of carbonyl (C=O) groups is 4. The smallest absolute Gasteiger partial charge is 0.462 e. The fourth-order valence-electron chi connectivity index (χ4n) is 6.45. The predicted molar refractivity (Wildman–Crippen MR) is 248 cm³/mol. The summed E-state index contributed by atoms with van der Waals surface area (Å²) in [5, 5.41) is 10.3. The molecule has 0 heterocycles. The summed E-state index contributed by atoms with van der Waals surface area (Å²) in [6.07, 6.45) is 20.9.